The number of nitrogens with one attached hydrogen (secondary N) is 2. The zero-order valence-corrected chi connectivity index (χ0v) is 16.9. The second-order valence-electron chi connectivity index (χ2n) is 6.57. The average molecular weight is 440 g/mol. The number of nitro benzene ring substituents is 1. The van der Waals surface area contributed by atoms with Gasteiger partial charge in [0.15, 0.2) is 0 Å². The van der Waals surface area contributed by atoms with Crippen LogP contribution in [0, 0.1) is 10.1 Å². The smallest absolute Gasteiger partial charge is 0.269 e. The highest BCUT2D eigenvalue weighted by Gasteiger charge is 2.16. The van der Waals surface area contributed by atoms with Crippen molar-refractivity contribution >= 4 is 40.5 Å². The fourth-order valence-corrected chi connectivity index (χ4v) is 3.00. The first-order chi connectivity index (χ1) is 14.9. The summed E-state index contributed by atoms with van der Waals surface area (Å²) in [6.07, 6.45) is 0.518. The van der Waals surface area contributed by atoms with Crippen LogP contribution >= 0.6 is 11.6 Å². The second kappa shape index (κ2) is 9.84. The van der Waals surface area contributed by atoms with Gasteiger partial charge in [-0.25, -0.2) is 0 Å². The third-order valence-corrected chi connectivity index (χ3v) is 4.66. The number of benzene rings is 3. The molecule has 31 heavy (non-hydrogen) atoms. The molecule has 0 aliphatic carbocycles. The molecule has 158 valence electrons. The van der Waals surface area contributed by atoms with Crippen LogP contribution in [0.2, 0.25) is 5.02 Å². The molecule has 0 heterocycles. The summed E-state index contributed by atoms with van der Waals surface area (Å²) in [5.74, 6) is -0.995. The largest absolute Gasteiger partial charge is 0.396 e. The Morgan fingerprint density at radius 1 is 0.935 bits per heavy atom. The third kappa shape index (κ3) is 5.65. The summed E-state index contributed by atoms with van der Waals surface area (Å²) < 4.78 is 0. The van der Waals surface area contributed by atoms with Gasteiger partial charge in [-0.2, -0.15) is 0 Å². The maximum atomic E-state index is 12.8. The van der Waals surface area contributed by atoms with E-state index in [9.17, 15) is 19.7 Å². The Morgan fingerprint density at radius 3 is 2.23 bits per heavy atom. The maximum Gasteiger partial charge on any atom is 0.269 e. The predicted octanol–water partition coefficient (Wildman–Crippen LogP) is 4.29. The lowest BCUT2D eigenvalue weighted by Gasteiger charge is -2.12. The molecule has 0 fully saturated rings. The van der Waals surface area contributed by atoms with Crippen molar-refractivity contribution in [1.82, 2.24) is 0 Å². The summed E-state index contributed by atoms with van der Waals surface area (Å²) >= 11 is 6.04. The monoisotopic (exact) mass is 439 g/mol. The molecule has 3 aromatic carbocycles. The standard InChI is InChI=1S/C22H18ClN3O5/c23-16-5-10-19(22(29)24-17-6-1-14(2-7-17)11-12-27)20(13-16)25-21(28)15-3-8-18(9-4-15)26(30)31/h1-10,13,27H,11-12H2,(H,24,29)(H,25,28). The molecule has 0 spiro atoms. The number of halogens is 1. The minimum absolute atomic E-state index is 0.0360. The van der Waals surface area contributed by atoms with Crippen LogP contribution in [-0.4, -0.2) is 28.5 Å². The average Bonchev–Trinajstić information content (AvgIpc) is 2.75. The molecule has 0 saturated heterocycles. The molecule has 0 aromatic heterocycles. The quantitative estimate of drug-likeness (QED) is 0.374. The maximum absolute atomic E-state index is 12.8. The number of hydrogen-bond donors (Lipinski definition) is 3. The molecule has 2 amide bonds. The topological polar surface area (TPSA) is 122 Å². The van der Waals surface area contributed by atoms with Crippen LogP contribution in [0.3, 0.4) is 0 Å². The molecule has 3 N–H and O–H groups in total. The molecule has 0 saturated carbocycles. The fraction of sp³-hybridized carbons (Fsp3) is 0.0909. The highest BCUT2D eigenvalue weighted by molar-refractivity contribution is 6.31. The molecule has 0 unspecified atom stereocenters. The van der Waals surface area contributed by atoms with E-state index in [2.05, 4.69) is 10.6 Å². The van der Waals surface area contributed by atoms with Crippen molar-refractivity contribution in [1.29, 1.82) is 0 Å². The van der Waals surface area contributed by atoms with Crippen LogP contribution in [0.4, 0.5) is 17.1 Å². The summed E-state index contributed by atoms with van der Waals surface area (Å²) in [5.41, 5.74) is 1.93. The van der Waals surface area contributed by atoms with Gasteiger partial charge in [-0.15, -0.1) is 0 Å². The van der Waals surface area contributed by atoms with E-state index in [-0.39, 0.29) is 29.1 Å². The summed E-state index contributed by atoms with van der Waals surface area (Å²) in [6.45, 7) is 0.0360. The molecule has 8 nitrogen and oxygen atoms in total. The van der Waals surface area contributed by atoms with Crippen molar-refractivity contribution in [3.05, 3.63) is 98.6 Å². The fourth-order valence-electron chi connectivity index (χ4n) is 2.83. The van der Waals surface area contributed by atoms with Crippen LogP contribution < -0.4 is 10.6 Å². The Hall–Kier alpha value is -3.75. The van der Waals surface area contributed by atoms with Gasteiger partial charge in [-0.1, -0.05) is 23.7 Å². The lowest BCUT2D eigenvalue weighted by atomic mass is 10.1. The number of rotatable bonds is 7. The van der Waals surface area contributed by atoms with Crippen molar-refractivity contribution < 1.29 is 19.6 Å². The number of aliphatic hydroxyl groups excluding tert-OH is 1. The van der Waals surface area contributed by atoms with E-state index >= 15 is 0 Å². The Bertz CT molecular complexity index is 1110. The molecular weight excluding hydrogens is 422 g/mol. The van der Waals surface area contributed by atoms with Crippen LogP contribution in [0.1, 0.15) is 26.3 Å². The normalized spacial score (nSPS) is 10.4. The van der Waals surface area contributed by atoms with Crippen molar-refractivity contribution in [2.75, 3.05) is 17.2 Å². The van der Waals surface area contributed by atoms with E-state index in [4.69, 9.17) is 16.7 Å². The number of carbonyl (C=O) groups is 2. The van der Waals surface area contributed by atoms with Crippen molar-refractivity contribution in [2.45, 2.75) is 6.42 Å². The number of hydrogen-bond acceptors (Lipinski definition) is 5. The molecule has 0 atom stereocenters. The van der Waals surface area contributed by atoms with Gasteiger partial charge < -0.3 is 15.7 Å². The number of amides is 2. The zero-order chi connectivity index (χ0) is 22.4. The minimum Gasteiger partial charge on any atom is -0.396 e. The first kappa shape index (κ1) is 21.9. The van der Waals surface area contributed by atoms with Crippen LogP contribution in [-0.2, 0) is 6.42 Å². The molecule has 0 aliphatic heterocycles. The van der Waals surface area contributed by atoms with Crippen molar-refractivity contribution in [2.24, 2.45) is 0 Å². The van der Waals surface area contributed by atoms with Crippen LogP contribution in [0.15, 0.2) is 66.7 Å². The Balaban J connectivity index is 1.78. The number of anilines is 2. The van der Waals surface area contributed by atoms with Gasteiger partial charge in [0.05, 0.1) is 16.2 Å². The van der Waals surface area contributed by atoms with Crippen LogP contribution in [0.25, 0.3) is 0 Å². The number of nitro groups is 1. The Kier molecular flexibility index (Phi) is 6.96. The van der Waals surface area contributed by atoms with Gasteiger partial charge in [0, 0.05) is 35.0 Å². The highest BCUT2D eigenvalue weighted by atomic mass is 35.5. The van der Waals surface area contributed by atoms with Gasteiger partial charge in [0.2, 0.25) is 0 Å². The minimum atomic E-state index is -0.558. The van der Waals surface area contributed by atoms with E-state index in [0.29, 0.717) is 17.1 Å². The SMILES string of the molecule is O=C(Nc1cc(Cl)ccc1C(=O)Nc1ccc(CCO)cc1)c1ccc([N+](=O)[O-])cc1. The first-order valence-electron chi connectivity index (χ1n) is 9.24. The van der Waals surface area contributed by atoms with E-state index < -0.39 is 16.7 Å². The van der Waals surface area contributed by atoms with Gasteiger partial charge in [0.25, 0.3) is 17.5 Å². The second-order valence-corrected chi connectivity index (χ2v) is 7.01. The van der Waals surface area contributed by atoms with E-state index in [1.807, 2.05) is 0 Å². The zero-order valence-electron chi connectivity index (χ0n) is 16.2. The van der Waals surface area contributed by atoms with Gasteiger partial charge in [0.1, 0.15) is 0 Å². The number of carbonyl (C=O) groups excluding carboxylic acids is 2. The summed E-state index contributed by atoms with van der Waals surface area (Å²) in [6, 6.07) is 16.6. The van der Waals surface area contributed by atoms with Crippen molar-refractivity contribution in [3.63, 3.8) is 0 Å². The Labute approximate surface area is 182 Å². The lowest BCUT2D eigenvalue weighted by molar-refractivity contribution is -0.384. The molecule has 0 aliphatic rings. The molecule has 3 rings (SSSR count). The summed E-state index contributed by atoms with van der Waals surface area (Å²) in [5, 5.41) is 25.4. The number of nitrogens with zero attached hydrogens (tertiary/aromatic N) is 1. The molecular formula is C22H18ClN3O5. The third-order valence-electron chi connectivity index (χ3n) is 4.43. The molecule has 3 aromatic rings. The van der Waals surface area contributed by atoms with E-state index in [1.54, 1.807) is 24.3 Å². The predicted molar refractivity (Wildman–Crippen MR) is 118 cm³/mol. The van der Waals surface area contributed by atoms with Gasteiger partial charge in [-0.05, 0) is 54.4 Å². The van der Waals surface area contributed by atoms with Gasteiger partial charge >= 0.3 is 0 Å². The van der Waals surface area contributed by atoms with Crippen molar-refractivity contribution in [3.8, 4) is 0 Å². The number of non-ortho nitro benzene ring substituents is 1. The highest BCUT2D eigenvalue weighted by Crippen LogP contribution is 2.24. The first-order valence-corrected chi connectivity index (χ1v) is 9.61. The molecule has 0 bridgehead atoms. The summed E-state index contributed by atoms with van der Waals surface area (Å²) in [4.78, 5) is 35.5. The number of aliphatic hydroxyl groups is 1. The summed E-state index contributed by atoms with van der Waals surface area (Å²) in [7, 11) is 0. The molecule has 0 radical (unpaired) electrons. The molecule has 9 heteroatoms. The van der Waals surface area contributed by atoms with E-state index in [1.165, 1.54) is 42.5 Å². The van der Waals surface area contributed by atoms with Gasteiger partial charge in [-0.3, -0.25) is 19.7 Å². The Morgan fingerprint density at radius 2 is 1.61 bits per heavy atom. The van der Waals surface area contributed by atoms with E-state index in [0.717, 1.165) is 5.56 Å². The lowest BCUT2D eigenvalue weighted by Crippen LogP contribution is -2.18. The van der Waals surface area contributed by atoms with Crippen LogP contribution in [0.5, 0.6) is 0 Å².